The molecule has 0 heterocycles. The van der Waals surface area contributed by atoms with Gasteiger partial charge in [-0.25, -0.2) is 4.39 Å². The zero-order valence-electron chi connectivity index (χ0n) is 10.8. The summed E-state index contributed by atoms with van der Waals surface area (Å²) in [6.07, 6.45) is 1.72. The van der Waals surface area contributed by atoms with Crippen molar-refractivity contribution in [3.8, 4) is 0 Å². The van der Waals surface area contributed by atoms with E-state index in [9.17, 15) is 4.39 Å². The highest BCUT2D eigenvalue weighted by atomic mass is 35.5. The molecule has 96 valence electrons. The van der Waals surface area contributed by atoms with Crippen molar-refractivity contribution in [2.24, 2.45) is 5.92 Å². The van der Waals surface area contributed by atoms with Gasteiger partial charge in [-0.3, -0.25) is 0 Å². The number of hydrogen-bond acceptors (Lipinski definition) is 1. The van der Waals surface area contributed by atoms with Gasteiger partial charge < -0.3 is 5.32 Å². The van der Waals surface area contributed by atoms with Crippen molar-refractivity contribution in [3.05, 3.63) is 34.6 Å². The third-order valence-corrected chi connectivity index (χ3v) is 3.30. The van der Waals surface area contributed by atoms with E-state index < -0.39 is 0 Å². The Morgan fingerprint density at radius 1 is 1.35 bits per heavy atom. The van der Waals surface area contributed by atoms with Crippen LogP contribution in [0, 0.1) is 11.7 Å². The van der Waals surface area contributed by atoms with Gasteiger partial charge >= 0.3 is 0 Å². The SMILES string of the molecule is CCCNC(Cc1c(F)cccc1Cl)C(C)C. The molecule has 17 heavy (non-hydrogen) atoms. The van der Waals surface area contributed by atoms with E-state index in [0.29, 0.717) is 22.9 Å². The number of nitrogens with one attached hydrogen (secondary N) is 1. The highest BCUT2D eigenvalue weighted by molar-refractivity contribution is 6.31. The van der Waals surface area contributed by atoms with E-state index in [-0.39, 0.29) is 11.9 Å². The first-order valence-electron chi connectivity index (χ1n) is 6.22. The topological polar surface area (TPSA) is 12.0 Å². The Bertz CT molecular complexity index is 332. The smallest absolute Gasteiger partial charge is 0.127 e. The molecule has 0 aliphatic rings. The molecular formula is C14H21ClFN. The minimum Gasteiger partial charge on any atom is -0.313 e. The first-order valence-corrected chi connectivity index (χ1v) is 6.60. The maximum absolute atomic E-state index is 13.7. The van der Waals surface area contributed by atoms with Crippen molar-refractivity contribution < 1.29 is 4.39 Å². The van der Waals surface area contributed by atoms with E-state index in [1.165, 1.54) is 6.07 Å². The monoisotopic (exact) mass is 257 g/mol. The molecule has 1 rings (SSSR count). The Labute approximate surface area is 108 Å². The second kappa shape index (κ2) is 6.97. The van der Waals surface area contributed by atoms with Gasteiger partial charge in [-0.1, -0.05) is 38.4 Å². The normalized spacial score (nSPS) is 13.1. The summed E-state index contributed by atoms with van der Waals surface area (Å²) in [5.41, 5.74) is 0.622. The van der Waals surface area contributed by atoms with Crippen LogP contribution in [0.4, 0.5) is 4.39 Å². The zero-order valence-corrected chi connectivity index (χ0v) is 11.5. The number of benzene rings is 1. The van der Waals surface area contributed by atoms with Crippen LogP contribution in [-0.2, 0) is 6.42 Å². The Balaban J connectivity index is 2.78. The predicted molar refractivity (Wildman–Crippen MR) is 72.0 cm³/mol. The molecule has 3 heteroatoms. The molecule has 0 spiro atoms. The summed E-state index contributed by atoms with van der Waals surface area (Å²) >= 11 is 6.04. The zero-order chi connectivity index (χ0) is 12.8. The van der Waals surface area contributed by atoms with Crippen molar-refractivity contribution in [2.45, 2.75) is 39.7 Å². The molecule has 1 unspecified atom stereocenters. The van der Waals surface area contributed by atoms with E-state index in [2.05, 4.69) is 26.1 Å². The molecular weight excluding hydrogens is 237 g/mol. The van der Waals surface area contributed by atoms with E-state index >= 15 is 0 Å². The first-order chi connectivity index (χ1) is 8.06. The highest BCUT2D eigenvalue weighted by Gasteiger charge is 2.17. The first kappa shape index (κ1) is 14.5. The standard InChI is InChI=1S/C14H21ClFN/c1-4-8-17-14(10(2)3)9-11-12(15)6-5-7-13(11)16/h5-7,10,14,17H,4,8-9H2,1-3H3. The molecule has 0 aliphatic carbocycles. The van der Waals surface area contributed by atoms with Gasteiger partial charge in [0.05, 0.1) is 0 Å². The van der Waals surface area contributed by atoms with Gasteiger partial charge in [0.2, 0.25) is 0 Å². The predicted octanol–water partition coefficient (Wildman–Crippen LogP) is 4.05. The van der Waals surface area contributed by atoms with Crippen LogP contribution >= 0.6 is 11.6 Å². The third kappa shape index (κ3) is 4.29. The molecule has 0 radical (unpaired) electrons. The molecule has 1 aromatic rings. The van der Waals surface area contributed by atoms with Crippen LogP contribution in [0.3, 0.4) is 0 Å². The number of halogens is 2. The van der Waals surface area contributed by atoms with Gasteiger partial charge in [-0.2, -0.15) is 0 Å². The Hall–Kier alpha value is -0.600. The van der Waals surface area contributed by atoms with Crippen molar-refractivity contribution in [1.29, 1.82) is 0 Å². The van der Waals surface area contributed by atoms with Crippen molar-refractivity contribution in [2.75, 3.05) is 6.54 Å². The quantitative estimate of drug-likeness (QED) is 0.811. The maximum Gasteiger partial charge on any atom is 0.127 e. The molecule has 0 bridgehead atoms. The molecule has 0 aliphatic heterocycles. The summed E-state index contributed by atoms with van der Waals surface area (Å²) in [6, 6.07) is 5.13. The lowest BCUT2D eigenvalue weighted by molar-refractivity contribution is 0.392. The largest absolute Gasteiger partial charge is 0.313 e. The lowest BCUT2D eigenvalue weighted by Gasteiger charge is -2.23. The maximum atomic E-state index is 13.7. The molecule has 0 amide bonds. The summed E-state index contributed by atoms with van der Waals surface area (Å²) < 4.78 is 13.7. The van der Waals surface area contributed by atoms with Crippen molar-refractivity contribution in [3.63, 3.8) is 0 Å². The molecule has 1 nitrogen and oxygen atoms in total. The van der Waals surface area contributed by atoms with Crippen LogP contribution in [0.1, 0.15) is 32.8 Å². The van der Waals surface area contributed by atoms with Crippen LogP contribution in [-0.4, -0.2) is 12.6 Å². The molecule has 1 atom stereocenters. The van der Waals surface area contributed by atoms with Crippen LogP contribution in [0.25, 0.3) is 0 Å². The Morgan fingerprint density at radius 3 is 2.59 bits per heavy atom. The average molecular weight is 258 g/mol. The summed E-state index contributed by atoms with van der Waals surface area (Å²) in [5.74, 6) is 0.249. The van der Waals surface area contributed by atoms with Crippen LogP contribution in [0.5, 0.6) is 0 Å². The summed E-state index contributed by atoms with van der Waals surface area (Å²) in [5, 5.41) is 3.97. The fourth-order valence-electron chi connectivity index (χ4n) is 1.82. The van der Waals surface area contributed by atoms with Gasteiger partial charge in [0.15, 0.2) is 0 Å². The Morgan fingerprint density at radius 2 is 2.06 bits per heavy atom. The summed E-state index contributed by atoms with van der Waals surface area (Å²) in [7, 11) is 0. The summed E-state index contributed by atoms with van der Waals surface area (Å²) in [6.45, 7) is 7.36. The molecule has 0 saturated heterocycles. The number of hydrogen-bond donors (Lipinski definition) is 1. The molecule has 1 aromatic carbocycles. The van der Waals surface area contributed by atoms with Gasteiger partial charge in [-0.15, -0.1) is 0 Å². The fraction of sp³-hybridized carbons (Fsp3) is 0.571. The number of rotatable bonds is 6. The summed E-state index contributed by atoms with van der Waals surface area (Å²) in [4.78, 5) is 0. The average Bonchev–Trinajstić information content (AvgIpc) is 2.27. The van der Waals surface area contributed by atoms with Gasteiger partial charge in [0, 0.05) is 16.6 Å². The van der Waals surface area contributed by atoms with Crippen LogP contribution in [0.15, 0.2) is 18.2 Å². The van der Waals surface area contributed by atoms with E-state index in [4.69, 9.17) is 11.6 Å². The van der Waals surface area contributed by atoms with Gasteiger partial charge in [0.25, 0.3) is 0 Å². The van der Waals surface area contributed by atoms with Crippen molar-refractivity contribution >= 4 is 11.6 Å². The molecule has 1 N–H and O–H groups in total. The Kier molecular flexibility index (Phi) is 5.93. The molecule has 0 fully saturated rings. The highest BCUT2D eigenvalue weighted by Crippen LogP contribution is 2.22. The second-order valence-corrected chi connectivity index (χ2v) is 5.12. The second-order valence-electron chi connectivity index (χ2n) is 4.71. The van der Waals surface area contributed by atoms with Crippen LogP contribution in [0.2, 0.25) is 5.02 Å². The van der Waals surface area contributed by atoms with E-state index in [0.717, 1.165) is 13.0 Å². The van der Waals surface area contributed by atoms with Gasteiger partial charge in [0.1, 0.15) is 5.82 Å². The van der Waals surface area contributed by atoms with E-state index in [1.807, 2.05) is 0 Å². The third-order valence-electron chi connectivity index (χ3n) is 2.95. The fourth-order valence-corrected chi connectivity index (χ4v) is 2.06. The van der Waals surface area contributed by atoms with Gasteiger partial charge in [-0.05, 0) is 37.4 Å². The van der Waals surface area contributed by atoms with Crippen molar-refractivity contribution in [1.82, 2.24) is 5.32 Å². The molecule has 0 aromatic heterocycles. The molecule has 0 saturated carbocycles. The lowest BCUT2D eigenvalue weighted by atomic mass is 9.96. The minimum atomic E-state index is -0.207. The lowest BCUT2D eigenvalue weighted by Crippen LogP contribution is -2.36. The van der Waals surface area contributed by atoms with E-state index in [1.54, 1.807) is 12.1 Å². The minimum absolute atomic E-state index is 0.207. The van der Waals surface area contributed by atoms with Crippen LogP contribution < -0.4 is 5.32 Å².